The van der Waals surface area contributed by atoms with E-state index in [1.807, 2.05) is 54.6 Å². The minimum absolute atomic E-state index is 0.172. The molecule has 266 valence electrons. The molecule has 0 saturated heterocycles. The lowest BCUT2D eigenvalue weighted by molar-refractivity contribution is 0.669. The summed E-state index contributed by atoms with van der Waals surface area (Å²) in [7, 11) is 0. The van der Waals surface area contributed by atoms with Crippen molar-refractivity contribution in [3.05, 3.63) is 206 Å². The molecular formula is C54H34N2O. The highest BCUT2D eigenvalue weighted by atomic mass is 16.3. The van der Waals surface area contributed by atoms with Gasteiger partial charge in [-0.1, -0.05) is 133 Å². The van der Waals surface area contributed by atoms with E-state index in [0.717, 1.165) is 82.7 Å². The Balaban J connectivity index is 1.05. The van der Waals surface area contributed by atoms with Crippen molar-refractivity contribution in [3.8, 4) is 44.8 Å². The first-order chi connectivity index (χ1) is 30.3. The van der Waals surface area contributed by atoms with Gasteiger partial charge in [0.25, 0.3) is 0 Å². The molecule has 0 unspecified atom stereocenters. The highest BCUT2D eigenvalue weighted by Gasteiger charge is 2.18. The molecule has 0 aliphatic rings. The van der Waals surface area contributed by atoms with Gasteiger partial charge in [-0.25, -0.2) is 0 Å². The van der Waals surface area contributed by atoms with E-state index in [9.17, 15) is 0 Å². The van der Waals surface area contributed by atoms with Crippen molar-refractivity contribution >= 4 is 65.6 Å². The Bertz CT molecular complexity index is 3780. The smallest absolute Gasteiger partial charge is 0.135 e. The number of nitrogens with zero attached hydrogens (tertiary/aromatic N) is 2. The van der Waals surface area contributed by atoms with Crippen molar-refractivity contribution in [1.29, 1.82) is 0 Å². The second kappa shape index (κ2) is 12.5. The van der Waals surface area contributed by atoms with E-state index in [-0.39, 0.29) is 29.7 Å². The molecule has 57 heavy (non-hydrogen) atoms. The van der Waals surface area contributed by atoms with E-state index in [1.165, 1.54) is 16.5 Å². The van der Waals surface area contributed by atoms with Crippen LogP contribution in [0.25, 0.3) is 110 Å². The lowest BCUT2D eigenvalue weighted by Gasteiger charge is -2.10. The van der Waals surface area contributed by atoms with Crippen LogP contribution in [0.2, 0.25) is 0 Å². The summed E-state index contributed by atoms with van der Waals surface area (Å²) in [5, 5.41) is 6.36. The van der Waals surface area contributed by atoms with E-state index >= 15 is 0 Å². The Hall–Kier alpha value is -7.62. The first kappa shape index (κ1) is 27.0. The van der Waals surface area contributed by atoms with E-state index in [4.69, 9.17) is 11.3 Å². The van der Waals surface area contributed by atoms with Crippen LogP contribution < -0.4 is 0 Å². The molecule has 0 fully saturated rings. The van der Waals surface area contributed by atoms with Crippen molar-refractivity contribution in [3.63, 3.8) is 0 Å². The first-order valence-electron chi connectivity index (χ1n) is 21.6. The average molecular weight is 732 g/mol. The van der Waals surface area contributed by atoms with Crippen LogP contribution in [-0.2, 0) is 0 Å². The van der Waals surface area contributed by atoms with E-state index in [0.29, 0.717) is 5.56 Å². The van der Waals surface area contributed by atoms with Crippen LogP contribution in [0.4, 0.5) is 0 Å². The predicted molar refractivity (Wildman–Crippen MR) is 239 cm³/mol. The van der Waals surface area contributed by atoms with Crippen LogP contribution in [0.1, 0.15) is 6.85 Å². The van der Waals surface area contributed by atoms with E-state index in [2.05, 4.69) is 130 Å². The molecule has 0 amide bonds. The molecule has 12 aromatic rings. The largest absolute Gasteiger partial charge is 0.456 e. The summed E-state index contributed by atoms with van der Waals surface area (Å²) in [4.78, 5) is 0. The van der Waals surface area contributed by atoms with Crippen molar-refractivity contribution < 1.29 is 11.3 Å². The van der Waals surface area contributed by atoms with Crippen LogP contribution in [0.15, 0.2) is 211 Å². The minimum Gasteiger partial charge on any atom is -0.456 e. The molecule has 3 heteroatoms. The molecular weight excluding hydrogens is 693 g/mol. The van der Waals surface area contributed by atoms with Crippen LogP contribution in [0.3, 0.4) is 0 Å². The minimum atomic E-state index is -0.410. The van der Waals surface area contributed by atoms with Gasteiger partial charge in [0, 0.05) is 43.7 Å². The summed E-state index contributed by atoms with van der Waals surface area (Å²) in [6, 6.07) is 59.5. The number of rotatable bonds is 5. The number of fused-ring (bicyclic) bond motifs is 9. The molecule has 0 saturated carbocycles. The summed E-state index contributed by atoms with van der Waals surface area (Å²) in [5.74, 6) is 0. The maximum absolute atomic E-state index is 8.79. The fraction of sp³-hybridized carbons (Fsp3) is 0. The van der Waals surface area contributed by atoms with Gasteiger partial charge in [0.2, 0.25) is 0 Å². The van der Waals surface area contributed by atoms with Gasteiger partial charge in [-0.3, -0.25) is 0 Å². The zero-order valence-electron chi connectivity index (χ0n) is 35.5. The van der Waals surface area contributed by atoms with Gasteiger partial charge < -0.3 is 13.6 Å². The van der Waals surface area contributed by atoms with Gasteiger partial charge in [0.15, 0.2) is 0 Å². The second-order valence-electron chi connectivity index (χ2n) is 14.6. The Kier molecular flexibility index (Phi) is 5.91. The third kappa shape index (κ3) is 4.99. The van der Waals surface area contributed by atoms with Gasteiger partial charge in [-0.05, 0) is 106 Å². The zero-order valence-corrected chi connectivity index (χ0v) is 30.5. The molecule has 0 aliphatic heterocycles. The molecule has 0 aliphatic carbocycles. The predicted octanol–water partition coefficient (Wildman–Crippen LogP) is 14.8. The van der Waals surface area contributed by atoms with Gasteiger partial charge in [-0.15, -0.1) is 0 Å². The van der Waals surface area contributed by atoms with Crippen molar-refractivity contribution in [2.24, 2.45) is 0 Å². The molecule has 3 nitrogen and oxygen atoms in total. The monoisotopic (exact) mass is 731 g/mol. The Labute approximate surface area is 335 Å². The van der Waals surface area contributed by atoms with Gasteiger partial charge in [-0.2, -0.15) is 0 Å². The summed E-state index contributed by atoms with van der Waals surface area (Å²) in [6.45, 7) is 0. The molecule has 3 aromatic heterocycles. The molecule has 0 radical (unpaired) electrons. The highest BCUT2D eigenvalue weighted by molar-refractivity contribution is 6.14. The van der Waals surface area contributed by atoms with Gasteiger partial charge in [0.05, 0.1) is 28.9 Å². The van der Waals surface area contributed by atoms with Gasteiger partial charge in [0.1, 0.15) is 11.2 Å². The van der Waals surface area contributed by atoms with Crippen LogP contribution in [-0.4, -0.2) is 9.13 Å². The third-order valence-corrected chi connectivity index (χ3v) is 11.4. The number of hydrogen-bond acceptors (Lipinski definition) is 1. The third-order valence-electron chi connectivity index (χ3n) is 11.4. The first-order valence-corrected chi connectivity index (χ1v) is 19.1. The summed E-state index contributed by atoms with van der Waals surface area (Å²) in [5.41, 5.74) is 13.0. The molecule has 0 spiro atoms. The zero-order chi connectivity index (χ0) is 41.8. The maximum atomic E-state index is 8.79. The van der Waals surface area contributed by atoms with Crippen molar-refractivity contribution in [2.45, 2.75) is 0 Å². The van der Waals surface area contributed by atoms with Crippen molar-refractivity contribution in [1.82, 2.24) is 9.13 Å². The standard InChI is InChI=1S/C54H34N2O/c1-3-11-35(12-4-1)37-19-24-41(25-20-37)55-49-17-9-7-15-43(49)46-31-38(22-28-50(46)55)39-23-29-51-47(32-39)44-27-21-40(36-13-5-2-6-14-36)33-52(44)56(51)42-26-30-54-48(34-42)45-16-8-10-18-53(45)57-54/h1-34H/i2D,5D,6D,13D,14D. The average Bonchev–Trinajstić information content (AvgIpc) is 3.97. The maximum Gasteiger partial charge on any atom is 0.135 e. The molecule has 0 N–H and O–H groups in total. The Morgan fingerprint density at radius 1 is 0.316 bits per heavy atom. The lowest BCUT2D eigenvalue weighted by Crippen LogP contribution is -1.94. The number of hydrogen-bond donors (Lipinski definition) is 0. The normalized spacial score (nSPS) is 13.1. The molecule has 9 aromatic carbocycles. The fourth-order valence-electron chi connectivity index (χ4n) is 8.75. The Morgan fingerprint density at radius 3 is 1.63 bits per heavy atom. The highest BCUT2D eigenvalue weighted by Crippen LogP contribution is 2.40. The molecule has 0 bridgehead atoms. The second-order valence-corrected chi connectivity index (χ2v) is 14.6. The van der Waals surface area contributed by atoms with Crippen LogP contribution in [0, 0.1) is 0 Å². The van der Waals surface area contributed by atoms with Crippen molar-refractivity contribution in [2.75, 3.05) is 0 Å². The molecule has 0 atom stereocenters. The topological polar surface area (TPSA) is 23.0 Å². The Morgan fingerprint density at radius 2 is 0.860 bits per heavy atom. The number of benzene rings is 9. The molecule has 3 heterocycles. The van der Waals surface area contributed by atoms with E-state index in [1.54, 1.807) is 0 Å². The molecule has 12 rings (SSSR count). The van der Waals surface area contributed by atoms with E-state index < -0.39 is 6.04 Å². The number of aromatic nitrogens is 2. The lowest BCUT2D eigenvalue weighted by atomic mass is 9.99. The SMILES string of the molecule is [2H]c1c([2H])c([2H])c(-c2ccc3c4cc(-c5ccc6c(c5)c5ccccc5n6-c5ccc(-c6ccccc6)cc5)ccc4n(-c4ccc5oc6ccccc6c5c4)c3c2)c([2H])c1[2H]. The number of para-hydroxylation sites is 2. The number of furan rings is 1. The summed E-state index contributed by atoms with van der Waals surface area (Å²) < 4.78 is 53.3. The van der Waals surface area contributed by atoms with Gasteiger partial charge >= 0.3 is 0 Å². The van der Waals surface area contributed by atoms with Crippen LogP contribution in [0.5, 0.6) is 0 Å². The quantitative estimate of drug-likeness (QED) is 0.173. The summed E-state index contributed by atoms with van der Waals surface area (Å²) in [6.07, 6.45) is 0. The fourth-order valence-corrected chi connectivity index (χ4v) is 8.75. The summed E-state index contributed by atoms with van der Waals surface area (Å²) >= 11 is 0. The van der Waals surface area contributed by atoms with Crippen LogP contribution >= 0.6 is 0 Å².